The van der Waals surface area contributed by atoms with Crippen LogP contribution in [0.25, 0.3) is 0 Å². The average Bonchev–Trinajstić information content (AvgIpc) is 2.84. The summed E-state index contributed by atoms with van der Waals surface area (Å²) in [6.45, 7) is 2.35. The fourth-order valence-corrected chi connectivity index (χ4v) is 4.49. The molecule has 1 atom stereocenters. The third-order valence-electron chi connectivity index (χ3n) is 4.28. The van der Waals surface area contributed by atoms with Crippen LogP contribution in [0.1, 0.15) is 38.2 Å². The molecule has 1 aliphatic rings. The van der Waals surface area contributed by atoms with Crippen LogP contribution in [0.5, 0.6) is 0 Å². The molecule has 0 aliphatic heterocycles. The van der Waals surface area contributed by atoms with Crippen LogP contribution in [0.15, 0.2) is 18.2 Å². The van der Waals surface area contributed by atoms with Crippen molar-refractivity contribution in [2.24, 2.45) is 5.92 Å². The Bertz CT molecular complexity index is 625. The Kier molecular flexibility index (Phi) is 5.22. The predicted octanol–water partition coefficient (Wildman–Crippen LogP) is 3.00. The Morgan fingerprint density at radius 3 is 2.45 bits per heavy atom. The summed E-state index contributed by atoms with van der Waals surface area (Å²) in [6, 6.07) is 3.70. The van der Waals surface area contributed by atoms with E-state index in [1.54, 1.807) is 0 Å². The lowest BCUT2D eigenvalue weighted by Gasteiger charge is -2.33. The van der Waals surface area contributed by atoms with Crippen molar-refractivity contribution in [3.05, 3.63) is 35.4 Å². The number of halogens is 2. The number of benzene rings is 1. The van der Waals surface area contributed by atoms with Crippen molar-refractivity contribution >= 4 is 9.84 Å². The molecule has 1 saturated carbocycles. The number of sulfone groups is 1. The molecule has 0 unspecified atom stereocenters. The largest absolute Gasteiger partial charge is 0.307 e. The molecule has 0 bridgehead atoms. The number of hydrogen-bond donors (Lipinski definition) is 1. The second kappa shape index (κ2) is 6.62. The highest BCUT2D eigenvalue weighted by Crippen LogP contribution is 2.40. The van der Waals surface area contributed by atoms with Crippen LogP contribution in [0.2, 0.25) is 0 Å². The second-order valence-electron chi connectivity index (χ2n) is 6.49. The fraction of sp³-hybridized carbons (Fsp3) is 0.625. The van der Waals surface area contributed by atoms with E-state index in [2.05, 4.69) is 5.32 Å². The first-order valence-corrected chi connectivity index (χ1v) is 9.66. The van der Waals surface area contributed by atoms with Crippen molar-refractivity contribution in [3.63, 3.8) is 0 Å². The van der Waals surface area contributed by atoms with Gasteiger partial charge in [0.05, 0.1) is 5.75 Å². The molecule has 124 valence electrons. The molecule has 22 heavy (non-hydrogen) atoms. The van der Waals surface area contributed by atoms with Crippen LogP contribution in [0, 0.1) is 17.6 Å². The van der Waals surface area contributed by atoms with Crippen LogP contribution < -0.4 is 5.32 Å². The molecule has 6 heteroatoms. The highest BCUT2D eigenvalue weighted by molar-refractivity contribution is 7.90. The lowest BCUT2D eigenvalue weighted by atomic mass is 9.87. The molecule has 1 aromatic rings. The third kappa shape index (κ3) is 4.26. The normalized spacial score (nSPS) is 19.3. The Morgan fingerprint density at radius 1 is 1.27 bits per heavy atom. The van der Waals surface area contributed by atoms with Crippen molar-refractivity contribution in [2.75, 3.05) is 18.6 Å². The molecule has 3 nitrogen and oxygen atoms in total. The van der Waals surface area contributed by atoms with E-state index >= 15 is 0 Å². The summed E-state index contributed by atoms with van der Waals surface area (Å²) in [4.78, 5) is 0. The molecule has 1 N–H and O–H groups in total. The number of nitrogens with one attached hydrogen (secondary N) is 1. The zero-order valence-corrected chi connectivity index (χ0v) is 13.8. The van der Waals surface area contributed by atoms with E-state index in [1.165, 1.54) is 18.4 Å². The highest BCUT2D eigenvalue weighted by Gasteiger charge is 2.37. The molecule has 2 rings (SSSR count). The van der Waals surface area contributed by atoms with E-state index in [9.17, 15) is 17.2 Å². The van der Waals surface area contributed by atoms with Gasteiger partial charge in [0.25, 0.3) is 0 Å². The number of hydrogen-bond acceptors (Lipinski definition) is 3. The highest BCUT2D eigenvalue weighted by atomic mass is 32.2. The average molecular weight is 331 g/mol. The van der Waals surface area contributed by atoms with Crippen molar-refractivity contribution < 1.29 is 17.2 Å². The fourth-order valence-electron chi connectivity index (χ4n) is 3.34. The summed E-state index contributed by atoms with van der Waals surface area (Å²) in [7, 11) is -3.03. The molecule has 0 aromatic heterocycles. The summed E-state index contributed by atoms with van der Waals surface area (Å²) in [5, 5.41) is 3.37. The summed E-state index contributed by atoms with van der Waals surface area (Å²) in [6.07, 6.45) is 4.73. The molecule has 1 fully saturated rings. The monoisotopic (exact) mass is 331 g/mol. The zero-order valence-electron chi connectivity index (χ0n) is 13.0. The maximum Gasteiger partial charge on any atom is 0.147 e. The SMILES string of the molecule is C[C@@H](CNC1(c2ccc(F)cc2F)CCCC1)CS(C)(=O)=O. The molecule has 0 amide bonds. The first kappa shape index (κ1) is 17.3. The van der Waals surface area contributed by atoms with Crippen molar-refractivity contribution in [2.45, 2.75) is 38.1 Å². The van der Waals surface area contributed by atoms with E-state index in [0.717, 1.165) is 31.7 Å². The van der Waals surface area contributed by atoms with E-state index in [1.807, 2.05) is 6.92 Å². The van der Waals surface area contributed by atoms with Gasteiger partial charge < -0.3 is 5.32 Å². The Hall–Kier alpha value is -1.01. The maximum absolute atomic E-state index is 14.2. The third-order valence-corrected chi connectivity index (χ3v) is 5.45. The standard InChI is InChI=1S/C16H23F2NO2S/c1-12(11-22(2,20)21)10-19-16(7-3-4-8-16)14-6-5-13(17)9-15(14)18/h5-6,9,12,19H,3-4,7-8,10-11H2,1-2H3/t12-/m0/s1. The molecule has 0 spiro atoms. The van der Waals surface area contributed by atoms with E-state index < -0.39 is 27.0 Å². The van der Waals surface area contributed by atoms with Gasteiger partial charge in [-0.25, -0.2) is 17.2 Å². The summed E-state index contributed by atoms with van der Waals surface area (Å²) in [5.41, 5.74) is -0.0262. The van der Waals surface area contributed by atoms with Gasteiger partial charge in [0.1, 0.15) is 21.5 Å². The van der Waals surface area contributed by atoms with Gasteiger partial charge in [-0.2, -0.15) is 0 Å². The summed E-state index contributed by atoms with van der Waals surface area (Å²) < 4.78 is 50.0. The van der Waals surface area contributed by atoms with Gasteiger partial charge >= 0.3 is 0 Å². The van der Waals surface area contributed by atoms with Gasteiger partial charge in [-0.1, -0.05) is 25.8 Å². The molecule has 1 aromatic carbocycles. The van der Waals surface area contributed by atoms with Gasteiger partial charge in [-0.3, -0.25) is 0 Å². The lowest BCUT2D eigenvalue weighted by molar-refractivity contribution is 0.310. The number of rotatable bonds is 6. The molecular weight excluding hydrogens is 308 g/mol. The Balaban J connectivity index is 2.15. The lowest BCUT2D eigenvalue weighted by Crippen LogP contribution is -2.43. The molecular formula is C16H23F2NO2S. The van der Waals surface area contributed by atoms with E-state index in [0.29, 0.717) is 12.1 Å². The first-order chi connectivity index (χ1) is 10.2. The van der Waals surface area contributed by atoms with Crippen LogP contribution in [0.3, 0.4) is 0 Å². The van der Waals surface area contributed by atoms with Crippen LogP contribution in [-0.2, 0) is 15.4 Å². The quantitative estimate of drug-likeness (QED) is 0.872. The van der Waals surface area contributed by atoms with Gasteiger partial charge in [0.2, 0.25) is 0 Å². The topological polar surface area (TPSA) is 46.2 Å². The minimum absolute atomic E-state index is 0.0593. The van der Waals surface area contributed by atoms with Crippen LogP contribution >= 0.6 is 0 Å². The maximum atomic E-state index is 14.2. The van der Waals surface area contributed by atoms with E-state index in [4.69, 9.17) is 0 Å². The predicted molar refractivity (Wildman–Crippen MR) is 83.4 cm³/mol. The van der Waals surface area contributed by atoms with Gasteiger partial charge in [0, 0.05) is 23.4 Å². The minimum atomic E-state index is -3.03. The molecule has 1 aliphatic carbocycles. The molecule has 0 heterocycles. The van der Waals surface area contributed by atoms with Crippen LogP contribution in [0.4, 0.5) is 8.78 Å². The van der Waals surface area contributed by atoms with Crippen LogP contribution in [-0.4, -0.2) is 27.0 Å². The van der Waals surface area contributed by atoms with E-state index in [-0.39, 0.29) is 11.7 Å². The van der Waals surface area contributed by atoms with Gasteiger partial charge in [-0.05, 0) is 31.4 Å². The van der Waals surface area contributed by atoms with Gasteiger partial charge in [0.15, 0.2) is 0 Å². The Labute approximate surface area is 131 Å². The van der Waals surface area contributed by atoms with Crippen molar-refractivity contribution in [1.29, 1.82) is 0 Å². The second-order valence-corrected chi connectivity index (χ2v) is 8.68. The zero-order chi connectivity index (χ0) is 16.4. The molecule has 0 radical (unpaired) electrons. The Morgan fingerprint density at radius 2 is 1.91 bits per heavy atom. The smallest absolute Gasteiger partial charge is 0.147 e. The van der Waals surface area contributed by atoms with Crippen molar-refractivity contribution in [3.8, 4) is 0 Å². The summed E-state index contributed by atoms with van der Waals surface area (Å²) in [5.74, 6) is -1.08. The van der Waals surface area contributed by atoms with Gasteiger partial charge in [-0.15, -0.1) is 0 Å². The molecule has 0 saturated heterocycles. The minimum Gasteiger partial charge on any atom is -0.307 e. The summed E-state index contributed by atoms with van der Waals surface area (Å²) >= 11 is 0. The first-order valence-electron chi connectivity index (χ1n) is 7.60. The van der Waals surface area contributed by atoms with Crippen molar-refractivity contribution in [1.82, 2.24) is 5.32 Å².